The molecule has 6 nitrogen and oxygen atoms in total. The van der Waals surface area contributed by atoms with Crippen molar-refractivity contribution in [3.8, 4) is 11.1 Å². The smallest absolute Gasteiger partial charge is 0.416 e. The predicted octanol–water partition coefficient (Wildman–Crippen LogP) is 6.45. The van der Waals surface area contributed by atoms with Crippen LogP contribution in [0.25, 0.3) is 11.1 Å². The highest BCUT2D eigenvalue weighted by atomic mass is 35.5. The van der Waals surface area contributed by atoms with Gasteiger partial charge in [0.2, 0.25) is 5.91 Å². The van der Waals surface area contributed by atoms with Gasteiger partial charge >= 0.3 is 12.1 Å². The lowest BCUT2D eigenvalue weighted by Gasteiger charge is -2.25. The van der Waals surface area contributed by atoms with Crippen molar-refractivity contribution in [1.29, 1.82) is 0 Å². The van der Waals surface area contributed by atoms with E-state index in [0.29, 0.717) is 11.6 Å². The standard InChI is InChI=1S/C25H20ClF4N3O3/c26-19-10-15(9-17(22(34)35)21(19)13-11-31-33(12-13)16-2-1-3-16)32-23(36)24(6-7-24)18-5-4-14(8-20(18)27)25(28,29)30/h4-5,8-12,16H,1-3,6-7H2,(H,32,36)(H,34,35). The van der Waals surface area contributed by atoms with E-state index >= 15 is 0 Å². The molecular formula is C25H20ClF4N3O3. The summed E-state index contributed by atoms with van der Waals surface area (Å²) in [5.41, 5.74) is -1.93. The van der Waals surface area contributed by atoms with Gasteiger partial charge in [0.05, 0.1) is 33.8 Å². The van der Waals surface area contributed by atoms with E-state index in [1.165, 1.54) is 18.3 Å². The average Bonchev–Trinajstić information content (AvgIpc) is 3.44. The molecule has 0 bridgehead atoms. The Kier molecular flexibility index (Phi) is 5.82. The summed E-state index contributed by atoms with van der Waals surface area (Å²) in [6.07, 6.45) is 2.13. The summed E-state index contributed by atoms with van der Waals surface area (Å²) in [5, 5.41) is 16.8. The van der Waals surface area contributed by atoms with Crippen LogP contribution in [0.1, 0.15) is 59.6 Å². The Balaban J connectivity index is 1.43. The van der Waals surface area contributed by atoms with E-state index in [-0.39, 0.29) is 46.3 Å². The van der Waals surface area contributed by atoms with Crippen LogP contribution < -0.4 is 5.32 Å². The molecule has 0 spiro atoms. The quantitative estimate of drug-likeness (QED) is 0.365. The zero-order chi connectivity index (χ0) is 25.8. The van der Waals surface area contributed by atoms with Gasteiger partial charge in [-0.2, -0.15) is 18.3 Å². The number of halogens is 5. The van der Waals surface area contributed by atoms with Crippen LogP contribution in [0.15, 0.2) is 42.7 Å². The van der Waals surface area contributed by atoms with Gasteiger partial charge in [0.15, 0.2) is 0 Å². The van der Waals surface area contributed by atoms with Crippen molar-refractivity contribution < 1.29 is 32.3 Å². The van der Waals surface area contributed by atoms with Crippen molar-refractivity contribution in [3.63, 3.8) is 0 Å². The number of hydrogen-bond acceptors (Lipinski definition) is 3. The maximum atomic E-state index is 14.6. The first kappa shape index (κ1) is 24.3. The Morgan fingerprint density at radius 3 is 2.44 bits per heavy atom. The molecule has 2 N–H and O–H groups in total. The fraction of sp³-hybridized carbons (Fsp3) is 0.320. The fourth-order valence-electron chi connectivity index (χ4n) is 4.53. The van der Waals surface area contributed by atoms with Gasteiger partial charge < -0.3 is 10.4 Å². The molecule has 0 saturated heterocycles. The van der Waals surface area contributed by atoms with E-state index in [9.17, 15) is 32.3 Å². The molecule has 5 rings (SSSR count). The van der Waals surface area contributed by atoms with Gasteiger partial charge in [0, 0.05) is 28.6 Å². The zero-order valence-electron chi connectivity index (χ0n) is 18.7. The first-order chi connectivity index (χ1) is 17.0. The Labute approximate surface area is 207 Å². The number of nitrogens with one attached hydrogen (secondary N) is 1. The van der Waals surface area contributed by atoms with Crippen molar-refractivity contribution in [2.75, 3.05) is 5.32 Å². The Bertz CT molecular complexity index is 1380. The molecule has 2 aliphatic rings. The average molecular weight is 522 g/mol. The molecule has 1 aromatic heterocycles. The van der Waals surface area contributed by atoms with Crippen LogP contribution in [-0.2, 0) is 16.4 Å². The largest absolute Gasteiger partial charge is 0.478 e. The van der Waals surface area contributed by atoms with Crippen molar-refractivity contribution in [3.05, 3.63) is 70.3 Å². The summed E-state index contributed by atoms with van der Waals surface area (Å²) >= 11 is 6.45. The molecule has 188 valence electrons. The van der Waals surface area contributed by atoms with E-state index in [4.69, 9.17) is 11.6 Å². The number of carboxylic acid groups (broad SMARTS) is 1. The minimum absolute atomic E-state index is 0.0731. The third-order valence-electron chi connectivity index (χ3n) is 6.91. The highest BCUT2D eigenvalue weighted by Crippen LogP contribution is 2.50. The highest BCUT2D eigenvalue weighted by molar-refractivity contribution is 6.34. The second kappa shape index (κ2) is 8.62. The van der Waals surface area contributed by atoms with Crippen LogP contribution in [0.4, 0.5) is 23.2 Å². The van der Waals surface area contributed by atoms with Crippen LogP contribution in [-0.4, -0.2) is 26.8 Å². The van der Waals surface area contributed by atoms with E-state index < -0.39 is 34.8 Å². The fourth-order valence-corrected chi connectivity index (χ4v) is 4.86. The van der Waals surface area contributed by atoms with Gasteiger partial charge in [-0.1, -0.05) is 17.7 Å². The lowest BCUT2D eigenvalue weighted by atomic mass is 9.92. The maximum absolute atomic E-state index is 14.6. The van der Waals surface area contributed by atoms with E-state index in [1.54, 1.807) is 10.9 Å². The molecule has 36 heavy (non-hydrogen) atoms. The van der Waals surface area contributed by atoms with Gasteiger partial charge in [0.1, 0.15) is 5.82 Å². The molecule has 1 heterocycles. The SMILES string of the molecule is O=C(O)c1cc(NC(=O)C2(c3ccc(C(F)(F)F)cc3F)CC2)cc(Cl)c1-c1cnn(C2CCC2)c1. The predicted molar refractivity (Wildman–Crippen MR) is 123 cm³/mol. The van der Waals surface area contributed by atoms with Crippen molar-refractivity contribution in [2.45, 2.75) is 49.7 Å². The number of aromatic nitrogens is 2. The molecule has 2 fully saturated rings. The number of rotatable bonds is 6. The van der Waals surface area contributed by atoms with Crippen molar-refractivity contribution in [2.24, 2.45) is 0 Å². The molecule has 1 amide bonds. The summed E-state index contributed by atoms with van der Waals surface area (Å²) in [7, 11) is 0. The van der Waals surface area contributed by atoms with Gasteiger partial charge in [-0.05, 0) is 56.4 Å². The lowest BCUT2D eigenvalue weighted by molar-refractivity contribution is -0.137. The van der Waals surface area contributed by atoms with E-state index in [0.717, 1.165) is 31.4 Å². The van der Waals surface area contributed by atoms with Crippen LogP contribution in [0, 0.1) is 5.82 Å². The number of aromatic carboxylic acids is 1. The molecule has 0 atom stereocenters. The number of carbonyl (C=O) groups excluding carboxylic acids is 1. The van der Waals surface area contributed by atoms with E-state index in [2.05, 4.69) is 10.4 Å². The van der Waals surface area contributed by atoms with Gasteiger partial charge in [-0.15, -0.1) is 0 Å². The molecule has 2 aliphatic carbocycles. The zero-order valence-corrected chi connectivity index (χ0v) is 19.5. The molecule has 0 unspecified atom stereocenters. The number of amides is 1. The monoisotopic (exact) mass is 521 g/mol. The summed E-state index contributed by atoms with van der Waals surface area (Å²) in [6.45, 7) is 0. The number of carboxylic acids is 1. The van der Waals surface area contributed by atoms with Crippen molar-refractivity contribution in [1.82, 2.24) is 9.78 Å². The van der Waals surface area contributed by atoms with Gasteiger partial charge in [0.25, 0.3) is 0 Å². The Morgan fingerprint density at radius 1 is 1.17 bits per heavy atom. The molecular weight excluding hydrogens is 502 g/mol. The number of carbonyl (C=O) groups is 2. The van der Waals surface area contributed by atoms with E-state index in [1.807, 2.05) is 0 Å². The second-order valence-electron chi connectivity index (χ2n) is 9.21. The summed E-state index contributed by atoms with van der Waals surface area (Å²) < 4.78 is 55.1. The number of hydrogen-bond donors (Lipinski definition) is 2. The van der Waals surface area contributed by atoms with Crippen LogP contribution in [0.3, 0.4) is 0 Å². The number of benzene rings is 2. The van der Waals surface area contributed by atoms with Gasteiger partial charge in [-0.25, -0.2) is 9.18 Å². The summed E-state index contributed by atoms with van der Waals surface area (Å²) in [6, 6.07) is 5.00. The van der Waals surface area contributed by atoms with Crippen molar-refractivity contribution >= 4 is 29.2 Å². The van der Waals surface area contributed by atoms with Crippen LogP contribution in [0.2, 0.25) is 5.02 Å². The third-order valence-corrected chi connectivity index (χ3v) is 7.21. The summed E-state index contributed by atoms with van der Waals surface area (Å²) in [4.78, 5) is 25.1. The van der Waals surface area contributed by atoms with Crippen LogP contribution in [0.5, 0.6) is 0 Å². The Morgan fingerprint density at radius 2 is 1.89 bits per heavy atom. The first-order valence-electron chi connectivity index (χ1n) is 11.3. The highest BCUT2D eigenvalue weighted by Gasteiger charge is 2.53. The number of anilines is 1. The van der Waals surface area contributed by atoms with Crippen LogP contribution >= 0.6 is 11.6 Å². The molecule has 0 radical (unpaired) electrons. The molecule has 2 saturated carbocycles. The van der Waals surface area contributed by atoms with Gasteiger partial charge in [-0.3, -0.25) is 9.48 Å². The first-order valence-corrected chi connectivity index (χ1v) is 11.7. The third kappa shape index (κ3) is 4.23. The topological polar surface area (TPSA) is 84.2 Å². The molecule has 11 heteroatoms. The maximum Gasteiger partial charge on any atom is 0.416 e. The summed E-state index contributed by atoms with van der Waals surface area (Å²) in [5.74, 6) is -3.05. The number of nitrogens with zero attached hydrogens (tertiary/aromatic N) is 2. The Hall–Kier alpha value is -3.40. The normalized spacial score (nSPS) is 16.9. The molecule has 3 aromatic rings. The lowest BCUT2D eigenvalue weighted by Crippen LogP contribution is -2.29. The molecule has 2 aromatic carbocycles. The molecule has 0 aliphatic heterocycles. The minimum atomic E-state index is -4.71. The second-order valence-corrected chi connectivity index (χ2v) is 9.62. The number of alkyl halides is 3. The minimum Gasteiger partial charge on any atom is -0.478 e.